The third-order valence-electron chi connectivity index (χ3n) is 2.83. The Bertz CT molecular complexity index is 796. The fraction of sp³-hybridized carbons (Fsp3) is 0. The summed E-state index contributed by atoms with van der Waals surface area (Å²) < 4.78 is 24.8. The van der Waals surface area contributed by atoms with Crippen LogP contribution in [0.15, 0.2) is 63.8 Å². The minimum Gasteiger partial charge on any atom is -0.268 e. The van der Waals surface area contributed by atoms with Crippen LogP contribution in [0.1, 0.15) is 0 Å². The molecule has 8 heteroatoms. The molecule has 0 fully saturated rings. The number of aliphatic imine (C=N–C) groups is 1. The molecule has 3 heterocycles. The van der Waals surface area contributed by atoms with Gasteiger partial charge in [-0.05, 0) is 18.2 Å². The molecule has 1 aromatic heterocycles. The van der Waals surface area contributed by atoms with Gasteiger partial charge in [-0.25, -0.2) is 5.10 Å². The monoisotopic (exact) mass is 277 g/mol. The quantitative estimate of drug-likeness (QED) is 0.784. The molecule has 1 unspecified atom stereocenters. The van der Waals surface area contributed by atoms with Crippen LogP contribution in [0.5, 0.6) is 0 Å². The van der Waals surface area contributed by atoms with Crippen LogP contribution in [-0.2, 0) is 10.0 Å². The molecule has 0 saturated carbocycles. The number of aromatic nitrogens is 2. The van der Waals surface area contributed by atoms with Gasteiger partial charge in [0.2, 0.25) is 5.03 Å². The first kappa shape index (κ1) is 11.8. The van der Waals surface area contributed by atoms with Crippen molar-refractivity contribution < 1.29 is 12.3 Å². The minimum atomic E-state index is -3.88. The van der Waals surface area contributed by atoms with Crippen molar-refractivity contribution in [1.82, 2.24) is 10.2 Å². The van der Waals surface area contributed by atoms with E-state index in [4.69, 9.17) is 0 Å². The molecule has 0 radical (unpaired) electrons. The van der Waals surface area contributed by atoms with Crippen molar-refractivity contribution >= 4 is 15.9 Å². The standard InChI is InChI=1S/C11H8N4O3S/c16-10-4-5-11(14-13-10)19(17,18)15-7-2-1-3-9(15)12-6-8-15/h1-8H/p+1. The molecule has 0 bridgehead atoms. The Balaban J connectivity index is 2.21. The molecule has 19 heavy (non-hydrogen) atoms. The molecule has 0 saturated heterocycles. The SMILES string of the molecule is O=c1ccc(S(=O)(=O)[N+]23C=CC=CC2=NC=C3)n[nH]1. The Kier molecular flexibility index (Phi) is 2.37. The second-order valence-corrected chi connectivity index (χ2v) is 5.90. The maximum atomic E-state index is 12.7. The second-order valence-electron chi connectivity index (χ2n) is 3.93. The Morgan fingerprint density at radius 3 is 2.74 bits per heavy atom. The molecule has 1 atom stereocenters. The lowest BCUT2D eigenvalue weighted by molar-refractivity contribution is -0.580. The number of hydrogen-bond acceptors (Lipinski definition) is 5. The van der Waals surface area contributed by atoms with E-state index in [0.29, 0.717) is 5.84 Å². The highest BCUT2D eigenvalue weighted by molar-refractivity contribution is 7.86. The second kappa shape index (κ2) is 3.84. The highest BCUT2D eigenvalue weighted by Gasteiger charge is 2.48. The lowest BCUT2D eigenvalue weighted by Gasteiger charge is -2.25. The van der Waals surface area contributed by atoms with Crippen molar-refractivity contribution in [3.63, 3.8) is 0 Å². The summed E-state index contributed by atoms with van der Waals surface area (Å²) in [5, 5.41) is 5.50. The first-order valence-corrected chi connectivity index (χ1v) is 6.82. The molecule has 2 aliphatic heterocycles. The molecule has 1 aromatic rings. The van der Waals surface area contributed by atoms with Gasteiger partial charge in [-0.1, -0.05) is 0 Å². The van der Waals surface area contributed by atoms with Crippen molar-refractivity contribution in [3.8, 4) is 0 Å². The van der Waals surface area contributed by atoms with E-state index in [2.05, 4.69) is 15.2 Å². The van der Waals surface area contributed by atoms with Gasteiger partial charge in [0.15, 0.2) is 0 Å². The summed E-state index contributed by atoms with van der Waals surface area (Å²) in [7, 11) is -3.88. The summed E-state index contributed by atoms with van der Waals surface area (Å²) in [5.41, 5.74) is -0.459. The third kappa shape index (κ3) is 1.54. The number of quaternary nitrogens is 1. The van der Waals surface area contributed by atoms with Crippen LogP contribution in [0.25, 0.3) is 0 Å². The molecule has 0 aliphatic carbocycles. The minimum absolute atomic E-state index is 0.216. The van der Waals surface area contributed by atoms with Crippen molar-refractivity contribution in [2.24, 2.45) is 4.99 Å². The van der Waals surface area contributed by atoms with Crippen molar-refractivity contribution in [3.05, 3.63) is 59.3 Å². The van der Waals surface area contributed by atoms with E-state index in [9.17, 15) is 13.2 Å². The van der Waals surface area contributed by atoms with Crippen LogP contribution in [0.4, 0.5) is 0 Å². The fourth-order valence-electron chi connectivity index (χ4n) is 1.89. The van der Waals surface area contributed by atoms with E-state index in [-0.39, 0.29) is 5.03 Å². The number of aromatic amines is 1. The average Bonchev–Trinajstić information content (AvgIpc) is 2.84. The first-order chi connectivity index (χ1) is 9.06. The molecule has 3 rings (SSSR count). The number of rotatable bonds is 2. The summed E-state index contributed by atoms with van der Waals surface area (Å²) in [6, 6.07) is 2.30. The first-order valence-electron chi connectivity index (χ1n) is 5.38. The van der Waals surface area contributed by atoms with Gasteiger partial charge in [0, 0.05) is 12.1 Å². The third-order valence-corrected chi connectivity index (χ3v) is 4.81. The van der Waals surface area contributed by atoms with Crippen molar-refractivity contribution in [2.75, 3.05) is 0 Å². The molecule has 0 amide bonds. The normalized spacial score (nSPS) is 24.3. The average molecular weight is 277 g/mol. The number of fused-ring (bicyclic) bond motifs is 1. The number of allylic oxidation sites excluding steroid dienone is 2. The molecular weight excluding hydrogens is 268 g/mol. The molecule has 1 N–H and O–H groups in total. The van der Waals surface area contributed by atoms with Crippen LogP contribution in [-0.4, -0.2) is 28.3 Å². The highest BCUT2D eigenvalue weighted by Crippen LogP contribution is 2.31. The topological polar surface area (TPSA) is 92.2 Å². The van der Waals surface area contributed by atoms with E-state index in [1.54, 1.807) is 18.2 Å². The maximum Gasteiger partial charge on any atom is 0.361 e. The molecule has 0 spiro atoms. The Morgan fingerprint density at radius 1 is 1.16 bits per heavy atom. The van der Waals surface area contributed by atoms with Crippen LogP contribution in [0.3, 0.4) is 0 Å². The summed E-state index contributed by atoms with van der Waals surface area (Å²) in [4.78, 5) is 15.0. The van der Waals surface area contributed by atoms with Crippen LogP contribution in [0.2, 0.25) is 0 Å². The molecule has 96 valence electrons. The fourth-order valence-corrected chi connectivity index (χ4v) is 3.40. The highest BCUT2D eigenvalue weighted by atomic mass is 32.2. The van der Waals surface area contributed by atoms with Crippen LogP contribution < -0.4 is 5.56 Å². The zero-order chi connectivity index (χ0) is 13.5. The Hall–Kier alpha value is -2.32. The lowest BCUT2D eigenvalue weighted by atomic mass is 10.3. The van der Waals surface area contributed by atoms with Crippen molar-refractivity contribution in [2.45, 2.75) is 5.03 Å². The van der Waals surface area contributed by atoms with Gasteiger partial charge in [0.1, 0.15) is 12.4 Å². The number of sulfonamides is 1. The van der Waals surface area contributed by atoms with Crippen LogP contribution >= 0.6 is 0 Å². The van der Waals surface area contributed by atoms with Gasteiger partial charge in [-0.15, -0.1) is 3.89 Å². The lowest BCUT2D eigenvalue weighted by Crippen LogP contribution is -2.47. The van der Waals surface area contributed by atoms with E-state index in [0.717, 1.165) is 6.07 Å². The van der Waals surface area contributed by atoms with E-state index >= 15 is 0 Å². The van der Waals surface area contributed by atoms with E-state index in [1.807, 2.05) is 0 Å². The van der Waals surface area contributed by atoms with Crippen LogP contribution in [0, 0.1) is 0 Å². The molecule has 2 aliphatic rings. The summed E-state index contributed by atoms with van der Waals surface area (Å²) in [6.07, 6.45) is 9.31. The zero-order valence-corrected chi connectivity index (χ0v) is 10.4. The van der Waals surface area contributed by atoms with Gasteiger partial charge >= 0.3 is 10.0 Å². The van der Waals surface area contributed by atoms with Crippen molar-refractivity contribution in [1.29, 1.82) is 0 Å². The molecular formula is C11H9N4O3S+. The Morgan fingerprint density at radius 2 is 2.00 bits per heavy atom. The van der Waals surface area contributed by atoms with Gasteiger partial charge in [0.25, 0.3) is 11.4 Å². The summed E-state index contributed by atoms with van der Waals surface area (Å²) in [6.45, 7) is 0. The number of nitrogens with one attached hydrogen (secondary N) is 1. The summed E-state index contributed by atoms with van der Waals surface area (Å²) >= 11 is 0. The predicted octanol–water partition coefficient (Wildman–Crippen LogP) is 0.242. The largest absolute Gasteiger partial charge is 0.361 e. The smallest absolute Gasteiger partial charge is 0.268 e. The summed E-state index contributed by atoms with van der Waals surface area (Å²) in [5.74, 6) is 0.357. The number of amidine groups is 1. The maximum absolute atomic E-state index is 12.7. The zero-order valence-electron chi connectivity index (χ0n) is 9.59. The molecule has 7 nitrogen and oxygen atoms in total. The van der Waals surface area contributed by atoms with Gasteiger partial charge in [-0.2, -0.15) is 18.5 Å². The Labute approximate surface area is 108 Å². The van der Waals surface area contributed by atoms with Gasteiger partial charge in [0.05, 0.1) is 6.20 Å². The van der Waals surface area contributed by atoms with Gasteiger partial charge in [-0.3, -0.25) is 4.79 Å². The molecule has 0 aromatic carbocycles. The number of H-pyrrole nitrogens is 1. The predicted molar refractivity (Wildman–Crippen MR) is 67.2 cm³/mol. The number of nitrogens with zero attached hydrogens (tertiary/aromatic N) is 3. The van der Waals surface area contributed by atoms with E-state index < -0.39 is 19.5 Å². The van der Waals surface area contributed by atoms with Gasteiger partial charge < -0.3 is 0 Å². The number of hydrogen-bond donors (Lipinski definition) is 1. The van der Waals surface area contributed by atoms with E-state index in [1.165, 1.54) is 24.7 Å².